The van der Waals surface area contributed by atoms with E-state index in [-0.39, 0.29) is 5.91 Å². The summed E-state index contributed by atoms with van der Waals surface area (Å²) in [6.45, 7) is 4.49. The molecule has 0 fully saturated rings. The van der Waals surface area contributed by atoms with Crippen LogP contribution in [0.5, 0.6) is 0 Å². The summed E-state index contributed by atoms with van der Waals surface area (Å²) < 4.78 is 1.12. The molecule has 124 valence electrons. The highest BCUT2D eigenvalue weighted by Gasteiger charge is 2.12. The average molecular weight is 436 g/mol. The molecule has 23 heavy (non-hydrogen) atoms. The fourth-order valence-electron chi connectivity index (χ4n) is 2.08. The Kier molecular flexibility index (Phi) is 7.37. The van der Waals surface area contributed by atoms with E-state index in [2.05, 4.69) is 39.1 Å². The van der Waals surface area contributed by atoms with Gasteiger partial charge in [0.2, 0.25) is 5.91 Å². The van der Waals surface area contributed by atoms with Crippen molar-refractivity contribution in [3.63, 3.8) is 0 Å². The zero-order valence-corrected chi connectivity index (χ0v) is 16.5. The predicted octanol–water partition coefficient (Wildman–Crippen LogP) is 5.67. The number of amides is 1. The molecule has 1 heterocycles. The molecule has 0 saturated carbocycles. The second-order valence-corrected chi connectivity index (χ2v) is 8.33. The van der Waals surface area contributed by atoms with Crippen LogP contribution in [-0.4, -0.2) is 23.9 Å². The Hall–Kier alpha value is -0.590. The first-order valence-corrected chi connectivity index (χ1v) is 9.56. The highest BCUT2D eigenvalue weighted by Crippen LogP contribution is 2.29. The van der Waals surface area contributed by atoms with Crippen LogP contribution in [0.2, 0.25) is 10.0 Å². The van der Waals surface area contributed by atoms with E-state index in [4.69, 9.17) is 23.2 Å². The third kappa shape index (κ3) is 5.76. The van der Waals surface area contributed by atoms with Gasteiger partial charge in [-0.3, -0.25) is 9.69 Å². The van der Waals surface area contributed by atoms with E-state index in [1.165, 1.54) is 4.88 Å². The molecule has 7 heteroatoms. The van der Waals surface area contributed by atoms with Gasteiger partial charge in [0.05, 0.1) is 19.5 Å². The highest BCUT2D eigenvalue weighted by molar-refractivity contribution is 9.11. The summed E-state index contributed by atoms with van der Waals surface area (Å²) in [6.07, 6.45) is 0.391. The molecule has 1 aromatic heterocycles. The minimum atomic E-state index is -0.0918. The molecule has 0 bridgehead atoms. The van der Waals surface area contributed by atoms with Gasteiger partial charge in [-0.05, 0) is 46.7 Å². The topological polar surface area (TPSA) is 32.3 Å². The molecule has 1 N–H and O–H groups in total. The lowest BCUT2D eigenvalue weighted by Gasteiger charge is -2.19. The van der Waals surface area contributed by atoms with Gasteiger partial charge in [-0.2, -0.15) is 0 Å². The molecular formula is C16H17BrCl2N2OS. The molecule has 0 radical (unpaired) electrons. The fourth-order valence-corrected chi connectivity index (χ4v) is 4.10. The molecule has 0 aliphatic rings. The van der Waals surface area contributed by atoms with Crippen molar-refractivity contribution in [1.29, 1.82) is 0 Å². The van der Waals surface area contributed by atoms with Gasteiger partial charge >= 0.3 is 0 Å². The Balaban J connectivity index is 1.87. The largest absolute Gasteiger partial charge is 0.324 e. The minimum Gasteiger partial charge on any atom is -0.324 e. The molecule has 0 saturated heterocycles. The van der Waals surface area contributed by atoms with Gasteiger partial charge in [0, 0.05) is 24.4 Å². The Labute approximate surface area is 158 Å². The van der Waals surface area contributed by atoms with Gasteiger partial charge in [-0.15, -0.1) is 11.3 Å². The van der Waals surface area contributed by atoms with Crippen molar-refractivity contribution in [2.24, 2.45) is 0 Å². The van der Waals surface area contributed by atoms with Gasteiger partial charge < -0.3 is 5.32 Å². The van der Waals surface area contributed by atoms with Gasteiger partial charge in [0.25, 0.3) is 0 Å². The van der Waals surface area contributed by atoms with Gasteiger partial charge in [-0.25, -0.2) is 0 Å². The monoisotopic (exact) mass is 434 g/mol. The van der Waals surface area contributed by atoms with Crippen molar-refractivity contribution in [3.8, 4) is 0 Å². The first-order chi connectivity index (χ1) is 11.0. The number of hydrogen-bond acceptors (Lipinski definition) is 3. The van der Waals surface area contributed by atoms with Crippen LogP contribution in [0.15, 0.2) is 34.1 Å². The zero-order valence-electron chi connectivity index (χ0n) is 12.6. The van der Waals surface area contributed by atoms with Gasteiger partial charge in [0.15, 0.2) is 0 Å². The number of hydrogen-bond donors (Lipinski definition) is 1. The van der Waals surface area contributed by atoms with E-state index in [9.17, 15) is 4.79 Å². The molecule has 2 aromatic rings. The molecule has 1 aromatic carbocycles. The van der Waals surface area contributed by atoms with E-state index >= 15 is 0 Å². The number of benzene rings is 1. The maximum atomic E-state index is 12.1. The molecule has 1 amide bonds. The third-order valence-electron chi connectivity index (χ3n) is 3.34. The van der Waals surface area contributed by atoms with Gasteiger partial charge in [-0.1, -0.05) is 36.2 Å². The lowest BCUT2D eigenvalue weighted by Crippen LogP contribution is -2.27. The molecule has 0 unspecified atom stereocenters. The van der Waals surface area contributed by atoms with E-state index in [0.29, 0.717) is 28.7 Å². The van der Waals surface area contributed by atoms with Crippen LogP contribution in [0.1, 0.15) is 18.2 Å². The number of nitrogens with one attached hydrogen (secondary N) is 1. The third-order valence-corrected chi connectivity index (χ3v) is 5.58. The standard InChI is InChI=1S/C16H17BrCl2N2OS/c1-2-21(10-11-6-7-14(17)23-11)9-8-15(22)20-16-12(18)4-3-5-13(16)19/h3-7H,2,8-10H2,1H3,(H,20,22). The van der Waals surface area contributed by atoms with Crippen molar-refractivity contribution in [3.05, 3.63) is 49.0 Å². The van der Waals surface area contributed by atoms with E-state index in [1.807, 2.05) is 6.07 Å². The molecule has 2 rings (SSSR count). The smallest absolute Gasteiger partial charge is 0.225 e. The molecule has 0 aliphatic carbocycles. The number of anilines is 1. The number of carbonyl (C=O) groups is 1. The molecule has 0 spiro atoms. The van der Waals surface area contributed by atoms with Crippen molar-refractivity contribution in [2.45, 2.75) is 19.9 Å². The van der Waals surface area contributed by atoms with Crippen LogP contribution in [0.4, 0.5) is 5.69 Å². The van der Waals surface area contributed by atoms with E-state index < -0.39 is 0 Å². The molecule has 0 aliphatic heterocycles. The number of nitrogens with zero attached hydrogens (tertiary/aromatic N) is 1. The SMILES string of the molecule is CCN(CCC(=O)Nc1c(Cl)cccc1Cl)Cc1ccc(Br)s1. The number of carbonyl (C=O) groups excluding carboxylic acids is 1. The number of rotatable bonds is 7. The summed E-state index contributed by atoms with van der Waals surface area (Å²) >= 11 is 17.3. The average Bonchev–Trinajstić information content (AvgIpc) is 2.92. The van der Waals surface area contributed by atoms with Crippen LogP contribution >= 0.6 is 50.5 Å². The number of halogens is 3. The predicted molar refractivity (Wildman–Crippen MR) is 103 cm³/mol. The molecule has 3 nitrogen and oxygen atoms in total. The van der Waals surface area contributed by atoms with Crippen LogP contribution in [-0.2, 0) is 11.3 Å². The first-order valence-electron chi connectivity index (χ1n) is 7.20. The van der Waals surface area contributed by atoms with E-state index in [1.54, 1.807) is 29.5 Å². The maximum Gasteiger partial charge on any atom is 0.225 e. The Morgan fingerprint density at radius 2 is 1.96 bits per heavy atom. The fraction of sp³-hybridized carbons (Fsp3) is 0.312. The second-order valence-electron chi connectivity index (χ2n) is 4.97. The maximum absolute atomic E-state index is 12.1. The second kappa shape index (κ2) is 9.04. The van der Waals surface area contributed by atoms with Crippen LogP contribution in [0.3, 0.4) is 0 Å². The minimum absolute atomic E-state index is 0.0918. The molecular weight excluding hydrogens is 419 g/mol. The summed E-state index contributed by atoms with van der Waals surface area (Å²) in [4.78, 5) is 15.6. The Morgan fingerprint density at radius 1 is 1.26 bits per heavy atom. The zero-order chi connectivity index (χ0) is 16.8. The van der Waals surface area contributed by atoms with Crippen molar-refractivity contribution >= 4 is 62.1 Å². The van der Waals surface area contributed by atoms with E-state index in [0.717, 1.165) is 16.9 Å². The normalized spacial score (nSPS) is 11.0. The Morgan fingerprint density at radius 3 is 2.52 bits per heavy atom. The highest BCUT2D eigenvalue weighted by atomic mass is 79.9. The van der Waals surface area contributed by atoms with Crippen LogP contribution < -0.4 is 5.32 Å². The number of thiophene rings is 1. The lowest BCUT2D eigenvalue weighted by molar-refractivity contribution is -0.116. The Bertz CT molecular complexity index is 658. The summed E-state index contributed by atoms with van der Waals surface area (Å²) in [5, 5.41) is 3.68. The first kappa shape index (κ1) is 18.7. The lowest BCUT2D eigenvalue weighted by atomic mass is 10.3. The van der Waals surface area contributed by atoms with Crippen molar-refractivity contribution in [1.82, 2.24) is 4.90 Å². The summed E-state index contributed by atoms with van der Waals surface area (Å²) in [5.74, 6) is -0.0918. The summed E-state index contributed by atoms with van der Waals surface area (Å²) in [5.41, 5.74) is 0.478. The van der Waals surface area contributed by atoms with Crippen LogP contribution in [0, 0.1) is 0 Å². The van der Waals surface area contributed by atoms with Crippen LogP contribution in [0.25, 0.3) is 0 Å². The summed E-state index contributed by atoms with van der Waals surface area (Å²) in [6, 6.07) is 9.30. The quantitative estimate of drug-likeness (QED) is 0.607. The van der Waals surface area contributed by atoms with Gasteiger partial charge in [0.1, 0.15) is 0 Å². The molecule has 0 atom stereocenters. The number of para-hydroxylation sites is 1. The summed E-state index contributed by atoms with van der Waals surface area (Å²) in [7, 11) is 0. The van der Waals surface area contributed by atoms with Crippen molar-refractivity contribution in [2.75, 3.05) is 18.4 Å². The van der Waals surface area contributed by atoms with Crippen molar-refractivity contribution < 1.29 is 4.79 Å².